The molecule has 1 aromatic rings. The van der Waals surface area contributed by atoms with Crippen LogP contribution in [0.5, 0.6) is 5.88 Å². The molecular formula is C15H25N3O2. The van der Waals surface area contributed by atoms with Gasteiger partial charge in [-0.3, -0.25) is 0 Å². The Labute approximate surface area is 121 Å². The fraction of sp³-hybridized carbons (Fsp3) is 0.733. The van der Waals surface area contributed by atoms with Crippen LogP contribution in [0.25, 0.3) is 0 Å². The number of hydrogen-bond acceptors (Lipinski definition) is 5. The summed E-state index contributed by atoms with van der Waals surface area (Å²) in [6.07, 6.45) is 3.66. The maximum atomic E-state index is 5.62. The Hall–Kier alpha value is -1.20. The predicted octanol–water partition coefficient (Wildman–Crippen LogP) is 2.17. The zero-order valence-corrected chi connectivity index (χ0v) is 12.5. The van der Waals surface area contributed by atoms with E-state index in [9.17, 15) is 0 Å². The molecule has 2 heterocycles. The van der Waals surface area contributed by atoms with Crippen LogP contribution in [0.2, 0.25) is 0 Å². The van der Waals surface area contributed by atoms with Gasteiger partial charge in [0.15, 0.2) is 0 Å². The first-order valence-electron chi connectivity index (χ1n) is 7.52. The van der Waals surface area contributed by atoms with Crippen molar-refractivity contribution in [2.24, 2.45) is 5.92 Å². The Balaban J connectivity index is 1.70. The molecule has 0 saturated carbocycles. The Morgan fingerprint density at radius 1 is 1.35 bits per heavy atom. The molecule has 1 aromatic heterocycles. The van der Waals surface area contributed by atoms with Gasteiger partial charge in [0.2, 0.25) is 5.88 Å². The molecule has 1 aliphatic rings. The second kappa shape index (κ2) is 8.17. The molecule has 0 aromatic carbocycles. The Kier molecular flexibility index (Phi) is 6.21. The molecule has 20 heavy (non-hydrogen) atoms. The van der Waals surface area contributed by atoms with E-state index >= 15 is 0 Å². The summed E-state index contributed by atoms with van der Waals surface area (Å²) in [6, 6.07) is 3.83. The van der Waals surface area contributed by atoms with Gasteiger partial charge >= 0.3 is 0 Å². The summed E-state index contributed by atoms with van der Waals surface area (Å²) in [4.78, 5) is 0. The van der Waals surface area contributed by atoms with Crippen molar-refractivity contribution in [3.63, 3.8) is 0 Å². The van der Waals surface area contributed by atoms with Gasteiger partial charge in [0.1, 0.15) is 6.61 Å². The molecule has 0 spiro atoms. The third-order valence-corrected chi connectivity index (χ3v) is 3.25. The van der Waals surface area contributed by atoms with Gasteiger partial charge in [-0.2, -0.15) is 5.10 Å². The van der Waals surface area contributed by atoms with Crippen molar-refractivity contribution < 1.29 is 9.47 Å². The summed E-state index contributed by atoms with van der Waals surface area (Å²) in [5, 5.41) is 11.6. The molecule has 1 N–H and O–H groups in total. The molecule has 0 radical (unpaired) electrons. The molecule has 5 nitrogen and oxygen atoms in total. The van der Waals surface area contributed by atoms with E-state index in [1.165, 1.54) is 6.42 Å². The molecule has 1 atom stereocenters. The van der Waals surface area contributed by atoms with Gasteiger partial charge in [0.05, 0.1) is 11.8 Å². The Bertz CT molecular complexity index is 375. The monoisotopic (exact) mass is 279 g/mol. The van der Waals surface area contributed by atoms with E-state index in [1.54, 1.807) is 0 Å². The van der Waals surface area contributed by atoms with Crippen LogP contribution in [0, 0.1) is 5.92 Å². The van der Waals surface area contributed by atoms with E-state index in [1.807, 2.05) is 12.1 Å². The van der Waals surface area contributed by atoms with Crippen LogP contribution in [0.1, 0.15) is 38.8 Å². The summed E-state index contributed by atoms with van der Waals surface area (Å²) in [5.74, 6) is 1.22. The van der Waals surface area contributed by atoms with E-state index in [0.717, 1.165) is 38.2 Å². The number of aromatic nitrogens is 2. The molecule has 1 saturated heterocycles. The molecule has 0 bridgehead atoms. The van der Waals surface area contributed by atoms with Crippen LogP contribution in [0.3, 0.4) is 0 Å². The minimum absolute atomic E-state index is 0.206. The number of rotatable bonds is 7. The lowest BCUT2D eigenvalue weighted by molar-refractivity contribution is -0.0121. The predicted molar refractivity (Wildman–Crippen MR) is 77.7 cm³/mol. The van der Waals surface area contributed by atoms with Crippen molar-refractivity contribution in [1.29, 1.82) is 0 Å². The highest BCUT2D eigenvalue weighted by molar-refractivity contribution is 5.11. The van der Waals surface area contributed by atoms with Crippen LogP contribution >= 0.6 is 0 Å². The van der Waals surface area contributed by atoms with E-state index in [2.05, 4.69) is 29.4 Å². The fourth-order valence-electron chi connectivity index (χ4n) is 2.13. The smallest absolute Gasteiger partial charge is 0.233 e. The van der Waals surface area contributed by atoms with E-state index in [4.69, 9.17) is 9.47 Å². The molecular weight excluding hydrogens is 254 g/mol. The summed E-state index contributed by atoms with van der Waals surface area (Å²) in [6.45, 7) is 7.52. The van der Waals surface area contributed by atoms with Gasteiger partial charge in [-0.1, -0.05) is 13.8 Å². The summed E-state index contributed by atoms with van der Waals surface area (Å²) in [7, 11) is 0. The van der Waals surface area contributed by atoms with Crippen molar-refractivity contribution in [2.45, 2.75) is 45.8 Å². The van der Waals surface area contributed by atoms with Gasteiger partial charge in [-0.05, 0) is 37.8 Å². The van der Waals surface area contributed by atoms with Crippen LogP contribution in [-0.2, 0) is 11.3 Å². The van der Waals surface area contributed by atoms with Crippen LogP contribution in [-0.4, -0.2) is 36.1 Å². The highest BCUT2D eigenvalue weighted by Crippen LogP contribution is 2.14. The van der Waals surface area contributed by atoms with E-state index in [-0.39, 0.29) is 6.10 Å². The molecule has 5 heteroatoms. The third-order valence-electron chi connectivity index (χ3n) is 3.25. The zero-order valence-electron chi connectivity index (χ0n) is 12.5. The summed E-state index contributed by atoms with van der Waals surface area (Å²) >= 11 is 0. The second-order valence-electron chi connectivity index (χ2n) is 5.69. The first-order chi connectivity index (χ1) is 9.74. The van der Waals surface area contributed by atoms with Crippen molar-refractivity contribution in [2.75, 3.05) is 19.8 Å². The largest absolute Gasteiger partial charge is 0.474 e. The highest BCUT2D eigenvalue weighted by Gasteiger charge is 2.14. The molecule has 1 aliphatic heterocycles. The number of nitrogens with one attached hydrogen (secondary N) is 1. The first kappa shape index (κ1) is 15.2. The van der Waals surface area contributed by atoms with Crippen molar-refractivity contribution in [1.82, 2.24) is 15.5 Å². The number of nitrogens with zero attached hydrogens (tertiary/aromatic N) is 2. The van der Waals surface area contributed by atoms with E-state index in [0.29, 0.717) is 18.4 Å². The van der Waals surface area contributed by atoms with Crippen LogP contribution in [0.15, 0.2) is 12.1 Å². The third kappa shape index (κ3) is 5.43. The number of hydrogen-bond donors (Lipinski definition) is 1. The Morgan fingerprint density at radius 2 is 2.25 bits per heavy atom. The second-order valence-corrected chi connectivity index (χ2v) is 5.69. The number of ether oxygens (including phenoxy) is 2. The average Bonchev–Trinajstić information content (AvgIpc) is 2.47. The zero-order chi connectivity index (χ0) is 14.2. The first-order valence-corrected chi connectivity index (χ1v) is 7.52. The SMILES string of the molecule is CC(C)CNCc1ccc(OCC2CCCCO2)nn1. The minimum atomic E-state index is 0.206. The maximum absolute atomic E-state index is 5.62. The quantitative estimate of drug-likeness (QED) is 0.829. The van der Waals surface area contributed by atoms with Crippen molar-refractivity contribution >= 4 is 0 Å². The lowest BCUT2D eigenvalue weighted by Crippen LogP contribution is -2.26. The molecule has 112 valence electrons. The molecule has 2 rings (SSSR count). The summed E-state index contributed by atoms with van der Waals surface area (Å²) < 4.78 is 11.2. The van der Waals surface area contributed by atoms with Gasteiger partial charge in [0.25, 0.3) is 0 Å². The molecule has 0 aliphatic carbocycles. The molecule has 1 fully saturated rings. The minimum Gasteiger partial charge on any atom is -0.474 e. The average molecular weight is 279 g/mol. The molecule has 0 amide bonds. The van der Waals surface area contributed by atoms with Gasteiger partial charge in [-0.25, -0.2) is 0 Å². The van der Waals surface area contributed by atoms with Crippen molar-refractivity contribution in [3.05, 3.63) is 17.8 Å². The van der Waals surface area contributed by atoms with Gasteiger partial charge in [-0.15, -0.1) is 5.10 Å². The topological polar surface area (TPSA) is 56.3 Å². The lowest BCUT2D eigenvalue weighted by Gasteiger charge is -2.22. The van der Waals surface area contributed by atoms with Crippen LogP contribution in [0.4, 0.5) is 0 Å². The van der Waals surface area contributed by atoms with Gasteiger partial charge in [0, 0.05) is 19.2 Å². The van der Waals surface area contributed by atoms with Crippen molar-refractivity contribution in [3.8, 4) is 5.88 Å². The summed E-state index contributed by atoms with van der Waals surface area (Å²) in [5.41, 5.74) is 0.937. The van der Waals surface area contributed by atoms with Gasteiger partial charge < -0.3 is 14.8 Å². The standard InChI is InChI=1S/C15H25N3O2/c1-12(2)9-16-10-13-6-7-15(18-17-13)20-11-14-5-3-4-8-19-14/h6-7,12,14,16H,3-5,8-11H2,1-2H3. The lowest BCUT2D eigenvalue weighted by atomic mass is 10.1. The normalized spacial score (nSPS) is 19.2. The highest BCUT2D eigenvalue weighted by atomic mass is 16.5. The fourth-order valence-corrected chi connectivity index (χ4v) is 2.13. The van der Waals surface area contributed by atoms with Crippen LogP contribution < -0.4 is 10.1 Å². The molecule has 1 unspecified atom stereocenters. The Morgan fingerprint density at radius 3 is 2.90 bits per heavy atom. The maximum Gasteiger partial charge on any atom is 0.233 e. The van der Waals surface area contributed by atoms with E-state index < -0.39 is 0 Å².